The summed E-state index contributed by atoms with van der Waals surface area (Å²) in [5.41, 5.74) is 0.515. The van der Waals surface area contributed by atoms with E-state index < -0.39 is 6.61 Å². The van der Waals surface area contributed by atoms with Crippen molar-refractivity contribution >= 4 is 35.8 Å². The fourth-order valence-corrected chi connectivity index (χ4v) is 2.41. The third kappa shape index (κ3) is 8.89. The van der Waals surface area contributed by atoms with Gasteiger partial charge in [-0.2, -0.15) is 8.78 Å². The summed E-state index contributed by atoms with van der Waals surface area (Å²) in [6.07, 6.45) is 3.26. The molecule has 1 aromatic rings. The van der Waals surface area contributed by atoms with Crippen molar-refractivity contribution in [1.29, 1.82) is 0 Å². The number of aliphatic imine (C=N–C) groups is 1. The van der Waals surface area contributed by atoms with Crippen molar-refractivity contribution in [3.63, 3.8) is 0 Å². The van der Waals surface area contributed by atoms with E-state index in [0.29, 0.717) is 42.7 Å². The van der Waals surface area contributed by atoms with Crippen LogP contribution in [0, 0.1) is 0 Å². The van der Waals surface area contributed by atoms with Crippen molar-refractivity contribution in [2.45, 2.75) is 44.9 Å². The first-order valence-corrected chi connectivity index (χ1v) is 8.87. The largest absolute Gasteiger partial charge is 0.497 e. The molecular weight excluding hydrogens is 485 g/mol. The molecule has 0 radical (unpaired) electrons. The number of hydrogen-bond acceptors (Lipinski definition) is 4. The molecule has 1 aliphatic rings. The normalized spacial score (nSPS) is 13.5. The zero-order valence-electron chi connectivity index (χ0n) is 16.0. The van der Waals surface area contributed by atoms with Crippen LogP contribution in [0.2, 0.25) is 0 Å². The Morgan fingerprint density at radius 3 is 2.68 bits per heavy atom. The second-order valence-corrected chi connectivity index (χ2v) is 6.15. The second-order valence-electron chi connectivity index (χ2n) is 6.15. The highest BCUT2D eigenvalue weighted by Crippen LogP contribution is 2.25. The average Bonchev–Trinajstić information content (AvgIpc) is 3.45. The highest BCUT2D eigenvalue weighted by atomic mass is 127. The third-order valence-electron chi connectivity index (χ3n) is 3.97. The van der Waals surface area contributed by atoms with Gasteiger partial charge in [-0.15, -0.1) is 24.0 Å². The first-order chi connectivity index (χ1) is 13.0. The van der Waals surface area contributed by atoms with Crippen LogP contribution in [0.5, 0.6) is 11.5 Å². The number of ether oxygens (including phenoxy) is 2. The number of rotatable bonds is 10. The predicted molar refractivity (Wildman–Crippen MR) is 114 cm³/mol. The highest BCUT2D eigenvalue weighted by Gasteiger charge is 2.22. The molecule has 0 heterocycles. The van der Waals surface area contributed by atoms with Gasteiger partial charge in [0.1, 0.15) is 11.5 Å². The number of alkyl halides is 2. The van der Waals surface area contributed by atoms with Crippen molar-refractivity contribution in [3.05, 3.63) is 23.8 Å². The lowest BCUT2D eigenvalue weighted by Gasteiger charge is -2.15. The molecule has 0 unspecified atom stereocenters. The molecule has 1 amide bonds. The van der Waals surface area contributed by atoms with Crippen LogP contribution in [-0.2, 0) is 11.3 Å². The predicted octanol–water partition coefficient (Wildman–Crippen LogP) is 2.64. The van der Waals surface area contributed by atoms with E-state index in [4.69, 9.17) is 4.74 Å². The molecule has 1 aliphatic carbocycles. The Hall–Kier alpha value is -1.85. The number of carbonyl (C=O) groups excluding carboxylic acids is 1. The molecule has 1 saturated carbocycles. The third-order valence-corrected chi connectivity index (χ3v) is 3.97. The van der Waals surface area contributed by atoms with Crippen LogP contribution < -0.4 is 25.4 Å². The number of methoxy groups -OCH3 is 1. The van der Waals surface area contributed by atoms with Crippen LogP contribution >= 0.6 is 24.0 Å². The van der Waals surface area contributed by atoms with Gasteiger partial charge in [-0.05, 0) is 37.5 Å². The SMILES string of the molecule is CN=C(NCCCC(=O)NC1CC1)NCc1cc(OC)ccc1OC(F)F.I. The van der Waals surface area contributed by atoms with Crippen molar-refractivity contribution in [2.24, 2.45) is 4.99 Å². The Balaban J connectivity index is 0.00000392. The Bertz CT molecular complexity index is 658. The van der Waals surface area contributed by atoms with E-state index in [1.54, 1.807) is 19.2 Å². The Labute approximate surface area is 180 Å². The standard InChI is InChI=1S/C18H26F2N4O3.HI/c1-21-18(22-9-3-4-16(25)24-13-5-6-13)23-11-12-10-14(26-2)7-8-15(12)27-17(19)20;/h7-8,10,13,17H,3-6,9,11H2,1-2H3,(H,24,25)(H2,21,22,23);1H. The van der Waals surface area contributed by atoms with Crippen LogP contribution in [0.15, 0.2) is 23.2 Å². The zero-order valence-corrected chi connectivity index (χ0v) is 18.3. The van der Waals surface area contributed by atoms with E-state index in [9.17, 15) is 13.6 Å². The smallest absolute Gasteiger partial charge is 0.387 e. The number of benzene rings is 1. The molecule has 1 fully saturated rings. The number of carbonyl (C=O) groups is 1. The van der Waals surface area contributed by atoms with Crippen molar-refractivity contribution in [2.75, 3.05) is 20.7 Å². The second kappa shape index (κ2) is 12.6. The lowest BCUT2D eigenvalue weighted by molar-refractivity contribution is -0.121. The lowest BCUT2D eigenvalue weighted by Crippen LogP contribution is -2.37. The van der Waals surface area contributed by atoms with Crippen LogP contribution in [0.3, 0.4) is 0 Å². The van der Waals surface area contributed by atoms with Crippen molar-refractivity contribution < 1.29 is 23.0 Å². The van der Waals surface area contributed by atoms with Crippen LogP contribution in [0.1, 0.15) is 31.2 Å². The summed E-state index contributed by atoms with van der Waals surface area (Å²) in [5.74, 6) is 1.18. The molecule has 0 saturated heterocycles. The van der Waals surface area contributed by atoms with Gasteiger partial charge < -0.3 is 25.4 Å². The van der Waals surface area contributed by atoms with Gasteiger partial charge in [-0.25, -0.2) is 0 Å². The quantitative estimate of drug-likeness (QED) is 0.194. The van der Waals surface area contributed by atoms with E-state index in [1.807, 2.05) is 0 Å². The molecule has 0 atom stereocenters. The zero-order chi connectivity index (χ0) is 19.6. The Kier molecular flexibility index (Phi) is 10.9. The summed E-state index contributed by atoms with van der Waals surface area (Å²) < 4.78 is 34.8. The summed E-state index contributed by atoms with van der Waals surface area (Å²) >= 11 is 0. The Morgan fingerprint density at radius 2 is 2.07 bits per heavy atom. The minimum Gasteiger partial charge on any atom is -0.497 e. The van der Waals surface area contributed by atoms with E-state index in [-0.39, 0.29) is 42.2 Å². The molecule has 1 aromatic carbocycles. The van der Waals surface area contributed by atoms with Gasteiger partial charge in [-0.1, -0.05) is 0 Å². The molecule has 0 aromatic heterocycles. The summed E-state index contributed by atoms with van der Waals surface area (Å²) in [7, 11) is 3.11. The number of hydrogen-bond donors (Lipinski definition) is 3. The molecule has 3 N–H and O–H groups in total. The summed E-state index contributed by atoms with van der Waals surface area (Å²) in [4.78, 5) is 15.7. The minimum atomic E-state index is -2.91. The van der Waals surface area contributed by atoms with Crippen LogP contribution in [0.4, 0.5) is 8.78 Å². The number of halogens is 3. The van der Waals surface area contributed by atoms with Gasteiger partial charge in [0.05, 0.1) is 7.11 Å². The van der Waals surface area contributed by atoms with Crippen LogP contribution in [0.25, 0.3) is 0 Å². The molecule has 10 heteroatoms. The monoisotopic (exact) mass is 512 g/mol. The maximum absolute atomic E-state index is 12.6. The van der Waals surface area contributed by atoms with E-state index in [0.717, 1.165) is 12.8 Å². The maximum Gasteiger partial charge on any atom is 0.387 e. The minimum absolute atomic E-state index is 0. The summed E-state index contributed by atoms with van der Waals surface area (Å²) in [5, 5.41) is 9.07. The first-order valence-electron chi connectivity index (χ1n) is 8.87. The highest BCUT2D eigenvalue weighted by molar-refractivity contribution is 14.0. The fourth-order valence-electron chi connectivity index (χ4n) is 2.41. The average molecular weight is 512 g/mol. The Morgan fingerprint density at radius 1 is 1.32 bits per heavy atom. The van der Waals surface area contributed by atoms with Gasteiger partial charge in [-0.3, -0.25) is 9.79 Å². The van der Waals surface area contributed by atoms with Gasteiger partial charge in [0, 0.05) is 38.2 Å². The van der Waals surface area contributed by atoms with Gasteiger partial charge in [0.2, 0.25) is 5.91 Å². The number of amides is 1. The topological polar surface area (TPSA) is 84.0 Å². The molecule has 28 heavy (non-hydrogen) atoms. The van der Waals surface area contributed by atoms with Gasteiger partial charge in [0.15, 0.2) is 5.96 Å². The van der Waals surface area contributed by atoms with E-state index in [1.165, 1.54) is 13.2 Å². The molecule has 0 bridgehead atoms. The first kappa shape index (κ1) is 24.2. The van der Waals surface area contributed by atoms with E-state index in [2.05, 4.69) is 25.7 Å². The summed E-state index contributed by atoms with van der Waals surface area (Å²) in [6.45, 7) is -2.12. The lowest BCUT2D eigenvalue weighted by atomic mass is 10.2. The van der Waals surface area contributed by atoms with Gasteiger partial charge >= 0.3 is 6.61 Å². The van der Waals surface area contributed by atoms with Gasteiger partial charge in [0.25, 0.3) is 0 Å². The fraction of sp³-hybridized carbons (Fsp3) is 0.556. The molecule has 0 spiro atoms. The number of nitrogens with one attached hydrogen (secondary N) is 3. The number of guanidine groups is 1. The molecule has 2 rings (SSSR count). The van der Waals surface area contributed by atoms with E-state index >= 15 is 0 Å². The molecule has 7 nitrogen and oxygen atoms in total. The van der Waals surface area contributed by atoms with Crippen LogP contribution in [-0.4, -0.2) is 45.2 Å². The molecule has 0 aliphatic heterocycles. The van der Waals surface area contributed by atoms with Crippen molar-refractivity contribution in [1.82, 2.24) is 16.0 Å². The molecular formula is C18H27F2IN4O3. The summed E-state index contributed by atoms with van der Waals surface area (Å²) in [6, 6.07) is 4.99. The number of nitrogens with zero attached hydrogens (tertiary/aromatic N) is 1. The molecule has 158 valence electrons. The maximum atomic E-state index is 12.6. The van der Waals surface area contributed by atoms with Crippen molar-refractivity contribution in [3.8, 4) is 11.5 Å².